The van der Waals surface area contributed by atoms with Crippen molar-refractivity contribution in [3.63, 3.8) is 0 Å². The van der Waals surface area contributed by atoms with Gasteiger partial charge in [0, 0.05) is 0 Å². The number of pyridine rings is 1. The average molecular weight is 277 g/mol. The lowest BCUT2D eigenvalue weighted by atomic mass is 9.96. The smallest absolute Gasteiger partial charge is 0.129 e. The van der Waals surface area contributed by atoms with Crippen molar-refractivity contribution in [1.82, 2.24) is 4.98 Å². The molecule has 0 aliphatic rings. The van der Waals surface area contributed by atoms with Gasteiger partial charge in [-0.05, 0) is 29.8 Å². The Balaban J connectivity index is 2.45. The molecule has 0 radical (unpaired) electrons. The van der Waals surface area contributed by atoms with Gasteiger partial charge in [0.2, 0.25) is 0 Å². The summed E-state index contributed by atoms with van der Waals surface area (Å²) in [7, 11) is 1.60. The van der Waals surface area contributed by atoms with Crippen molar-refractivity contribution < 1.29 is 9.94 Å². The fraction of sp³-hybridized carbons (Fsp3) is 0.143. The molecular formula is C14H13ClN2O2. The fourth-order valence-electron chi connectivity index (χ4n) is 1.83. The number of halogens is 1. The van der Waals surface area contributed by atoms with Gasteiger partial charge < -0.3 is 9.94 Å². The molecule has 1 atom stereocenters. The maximum atomic E-state index is 8.83. The van der Waals surface area contributed by atoms with Crippen LogP contribution < -0.4 is 4.74 Å². The Morgan fingerprint density at radius 3 is 2.79 bits per heavy atom. The zero-order valence-corrected chi connectivity index (χ0v) is 11.1. The highest BCUT2D eigenvalue weighted by Crippen LogP contribution is 2.25. The molecule has 2 rings (SSSR count). The minimum Gasteiger partial charge on any atom is -0.497 e. The molecule has 2 aromatic rings. The summed E-state index contributed by atoms with van der Waals surface area (Å²) in [6, 6.07) is 12.8. The predicted molar refractivity (Wildman–Crippen MR) is 74.4 cm³/mol. The van der Waals surface area contributed by atoms with Crippen LogP contribution in [0.5, 0.6) is 5.75 Å². The second-order valence-corrected chi connectivity index (χ2v) is 4.29. The highest BCUT2D eigenvalue weighted by molar-refractivity contribution is 6.29. The molecule has 0 aliphatic carbocycles. The first-order chi connectivity index (χ1) is 9.24. The number of hydrogen-bond acceptors (Lipinski definition) is 4. The zero-order valence-electron chi connectivity index (χ0n) is 10.3. The van der Waals surface area contributed by atoms with Crippen LogP contribution in [0.25, 0.3) is 0 Å². The molecule has 0 saturated carbocycles. The van der Waals surface area contributed by atoms with E-state index in [2.05, 4.69) is 10.1 Å². The van der Waals surface area contributed by atoms with Crippen molar-refractivity contribution in [2.24, 2.45) is 5.16 Å². The van der Waals surface area contributed by atoms with E-state index in [-0.39, 0.29) is 5.92 Å². The minimum absolute atomic E-state index is 0.279. The van der Waals surface area contributed by atoms with Gasteiger partial charge in [-0.25, -0.2) is 4.98 Å². The van der Waals surface area contributed by atoms with Crippen molar-refractivity contribution in [3.05, 3.63) is 58.9 Å². The number of hydrogen-bond donors (Lipinski definition) is 1. The summed E-state index contributed by atoms with van der Waals surface area (Å²) in [5.74, 6) is 0.453. The molecule has 19 heavy (non-hydrogen) atoms. The summed E-state index contributed by atoms with van der Waals surface area (Å²) < 4.78 is 5.19. The Hall–Kier alpha value is -2.07. The van der Waals surface area contributed by atoms with E-state index in [0.29, 0.717) is 10.8 Å². The van der Waals surface area contributed by atoms with Crippen LogP contribution in [0, 0.1) is 0 Å². The molecule has 0 saturated heterocycles. The first kappa shape index (κ1) is 13.4. The second kappa shape index (κ2) is 6.20. The standard InChI is InChI=1S/C14H13ClN2O2/c1-19-11-5-2-4-10(8-11)12(9-16-18)13-6-3-7-14(15)17-13/h2-9,12,18H,1H3. The molecule has 1 unspecified atom stereocenters. The number of nitrogens with zero attached hydrogens (tertiary/aromatic N) is 2. The lowest BCUT2D eigenvalue weighted by Gasteiger charge is -2.13. The maximum absolute atomic E-state index is 8.83. The number of oxime groups is 1. The Morgan fingerprint density at radius 1 is 1.32 bits per heavy atom. The molecule has 0 spiro atoms. The molecule has 1 N–H and O–H groups in total. The van der Waals surface area contributed by atoms with Crippen LogP contribution in [-0.2, 0) is 0 Å². The number of rotatable bonds is 4. The third-order valence-corrected chi connectivity index (χ3v) is 2.93. The third kappa shape index (κ3) is 3.23. The molecule has 4 nitrogen and oxygen atoms in total. The van der Waals surface area contributed by atoms with Crippen LogP contribution in [0.4, 0.5) is 0 Å². The number of benzene rings is 1. The minimum atomic E-state index is -0.279. The Morgan fingerprint density at radius 2 is 2.11 bits per heavy atom. The van der Waals surface area contributed by atoms with Crippen LogP contribution in [0.2, 0.25) is 5.15 Å². The van der Waals surface area contributed by atoms with Gasteiger partial charge in [0.05, 0.1) is 24.9 Å². The molecule has 0 bridgehead atoms. The summed E-state index contributed by atoms with van der Waals surface area (Å²) in [4.78, 5) is 4.25. The molecule has 98 valence electrons. The maximum Gasteiger partial charge on any atom is 0.129 e. The van der Waals surface area contributed by atoms with Crippen LogP contribution >= 0.6 is 11.6 Å². The predicted octanol–water partition coefficient (Wildman–Crippen LogP) is 3.34. The van der Waals surface area contributed by atoms with Crippen LogP contribution in [0.3, 0.4) is 0 Å². The van der Waals surface area contributed by atoms with E-state index in [1.165, 1.54) is 6.21 Å². The second-order valence-electron chi connectivity index (χ2n) is 3.90. The summed E-state index contributed by atoms with van der Waals surface area (Å²) in [6.07, 6.45) is 1.41. The highest BCUT2D eigenvalue weighted by atomic mass is 35.5. The highest BCUT2D eigenvalue weighted by Gasteiger charge is 2.14. The van der Waals surface area contributed by atoms with Gasteiger partial charge in [-0.1, -0.05) is 29.8 Å². The first-order valence-electron chi connectivity index (χ1n) is 5.68. The van der Waals surface area contributed by atoms with Gasteiger partial charge in [0.1, 0.15) is 10.9 Å². The van der Waals surface area contributed by atoms with E-state index >= 15 is 0 Å². The van der Waals surface area contributed by atoms with Crippen LogP contribution in [0.1, 0.15) is 17.2 Å². The van der Waals surface area contributed by atoms with Gasteiger partial charge in [0.25, 0.3) is 0 Å². The van der Waals surface area contributed by atoms with Crippen molar-refractivity contribution >= 4 is 17.8 Å². The van der Waals surface area contributed by atoms with E-state index in [1.54, 1.807) is 13.2 Å². The summed E-state index contributed by atoms with van der Waals surface area (Å²) >= 11 is 5.89. The van der Waals surface area contributed by atoms with Crippen molar-refractivity contribution in [2.75, 3.05) is 7.11 Å². The SMILES string of the molecule is COc1cccc(C(C=NO)c2cccc(Cl)n2)c1. The van der Waals surface area contributed by atoms with Crippen molar-refractivity contribution in [3.8, 4) is 5.75 Å². The lowest BCUT2D eigenvalue weighted by molar-refractivity contribution is 0.320. The van der Waals surface area contributed by atoms with Gasteiger partial charge in [-0.2, -0.15) is 0 Å². The van der Waals surface area contributed by atoms with E-state index < -0.39 is 0 Å². The average Bonchev–Trinajstić information content (AvgIpc) is 2.45. The fourth-order valence-corrected chi connectivity index (χ4v) is 2.00. The van der Waals surface area contributed by atoms with E-state index in [1.807, 2.05) is 36.4 Å². The molecule has 1 aromatic carbocycles. The Bertz CT molecular complexity index is 587. The van der Waals surface area contributed by atoms with Gasteiger partial charge in [-0.3, -0.25) is 0 Å². The number of aromatic nitrogens is 1. The first-order valence-corrected chi connectivity index (χ1v) is 6.06. The molecule has 1 aromatic heterocycles. The zero-order chi connectivity index (χ0) is 13.7. The van der Waals surface area contributed by atoms with Gasteiger partial charge in [0.15, 0.2) is 0 Å². The van der Waals surface area contributed by atoms with Crippen LogP contribution in [-0.4, -0.2) is 23.5 Å². The molecule has 5 heteroatoms. The van der Waals surface area contributed by atoms with Gasteiger partial charge >= 0.3 is 0 Å². The monoisotopic (exact) mass is 276 g/mol. The topological polar surface area (TPSA) is 54.7 Å². The Kier molecular flexibility index (Phi) is 4.36. The van der Waals surface area contributed by atoms with Crippen molar-refractivity contribution in [2.45, 2.75) is 5.92 Å². The van der Waals surface area contributed by atoms with E-state index in [0.717, 1.165) is 11.3 Å². The summed E-state index contributed by atoms with van der Waals surface area (Å²) in [5.41, 5.74) is 1.62. The van der Waals surface area contributed by atoms with E-state index in [4.69, 9.17) is 21.5 Å². The largest absolute Gasteiger partial charge is 0.497 e. The van der Waals surface area contributed by atoms with Gasteiger partial charge in [-0.15, -0.1) is 5.16 Å². The van der Waals surface area contributed by atoms with Crippen molar-refractivity contribution in [1.29, 1.82) is 0 Å². The Labute approximate surface area is 116 Å². The number of methoxy groups -OCH3 is 1. The third-order valence-electron chi connectivity index (χ3n) is 2.72. The number of ether oxygens (including phenoxy) is 1. The molecule has 0 aliphatic heterocycles. The summed E-state index contributed by atoms with van der Waals surface area (Å²) in [6.45, 7) is 0. The lowest BCUT2D eigenvalue weighted by Crippen LogP contribution is -2.05. The molecule has 0 amide bonds. The summed E-state index contributed by atoms with van der Waals surface area (Å²) in [5, 5.41) is 12.4. The molecule has 1 heterocycles. The molecule has 0 fully saturated rings. The quantitative estimate of drug-likeness (QED) is 0.403. The van der Waals surface area contributed by atoms with E-state index in [9.17, 15) is 0 Å². The van der Waals surface area contributed by atoms with Crippen LogP contribution in [0.15, 0.2) is 47.6 Å². The molecular weight excluding hydrogens is 264 g/mol. The normalized spacial score (nSPS) is 12.5.